The number of likely N-dealkylation sites (N-methyl/N-ethyl adjacent to an activating group) is 1. The van der Waals surface area contributed by atoms with E-state index in [4.69, 9.17) is 4.98 Å². The first-order valence-corrected chi connectivity index (χ1v) is 7.82. The molecule has 0 aliphatic rings. The largest absolute Gasteiger partial charge is 0.354 e. The van der Waals surface area contributed by atoms with Gasteiger partial charge in [-0.15, -0.1) is 0 Å². The van der Waals surface area contributed by atoms with Crippen LogP contribution in [0.15, 0.2) is 12.4 Å². The molecule has 1 aromatic heterocycles. The standard InChI is InChI=1S/C16H31N5/c1-13(2)12-21(8-7-20(5)6)16-11-17-9-15(19-16)10-18-14(3)4/h9,11,13-14,18H,7-8,10,12H2,1-6H3. The third-order valence-corrected chi connectivity index (χ3v) is 3.09. The lowest BCUT2D eigenvalue weighted by Gasteiger charge is -2.27. The lowest BCUT2D eigenvalue weighted by atomic mass is 10.2. The van der Waals surface area contributed by atoms with Gasteiger partial charge in [0.05, 0.1) is 11.9 Å². The molecule has 0 saturated carbocycles. The summed E-state index contributed by atoms with van der Waals surface area (Å²) in [5.74, 6) is 1.58. The van der Waals surface area contributed by atoms with Gasteiger partial charge in [-0.25, -0.2) is 4.98 Å². The second kappa shape index (κ2) is 8.95. The Morgan fingerprint density at radius 2 is 1.81 bits per heavy atom. The Morgan fingerprint density at radius 3 is 2.38 bits per heavy atom. The predicted molar refractivity (Wildman–Crippen MR) is 89.6 cm³/mol. The van der Waals surface area contributed by atoms with Crippen molar-refractivity contribution in [3.63, 3.8) is 0 Å². The van der Waals surface area contributed by atoms with Crippen LogP contribution in [0.1, 0.15) is 33.4 Å². The fourth-order valence-electron chi connectivity index (χ4n) is 2.00. The quantitative estimate of drug-likeness (QED) is 0.754. The summed E-state index contributed by atoms with van der Waals surface area (Å²) in [6.07, 6.45) is 3.72. The Hall–Kier alpha value is -1.20. The lowest BCUT2D eigenvalue weighted by Crippen LogP contribution is -2.35. The van der Waals surface area contributed by atoms with Crippen molar-refractivity contribution >= 4 is 5.82 Å². The van der Waals surface area contributed by atoms with Gasteiger partial charge in [0.1, 0.15) is 5.82 Å². The monoisotopic (exact) mass is 293 g/mol. The number of rotatable bonds is 9. The molecule has 0 radical (unpaired) electrons. The summed E-state index contributed by atoms with van der Waals surface area (Å²) in [5, 5.41) is 3.39. The molecule has 0 aliphatic carbocycles. The molecule has 1 rings (SSSR count). The molecule has 0 aromatic carbocycles. The summed E-state index contributed by atoms with van der Waals surface area (Å²) in [4.78, 5) is 13.6. The lowest BCUT2D eigenvalue weighted by molar-refractivity contribution is 0.408. The minimum atomic E-state index is 0.455. The Bertz CT molecular complexity index is 403. The van der Waals surface area contributed by atoms with Gasteiger partial charge in [0.15, 0.2) is 0 Å². The Balaban J connectivity index is 2.77. The highest BCUT2D eigenvalue weighted by Gasteiger charge is 2.11. The van der Waals surface area contributed by atoms with E-state index in [1.165, 1.54) is 0 Å². The second-order valence-corrected chi connectivity index (χ2v) is 6.55. The minimum absolute atomic E-state index is 0.455. The zero-order chi connectivity index (χ0) is 15.8. The number of aromatic nitrogens is 2. The van der Waals surface area contributed by atoms with Crippen molar-refractivity contribution in [3.8, 4) is 0 Å². The van der Waals surface area contributed by atoms with Crippen molar-refractivity contribution in [2.24, 2.45) is 5.92 Å². The molecule has 0 unspecified atom stereocenters. The number of anilines is 1. The van der Waals surface area contributed by atoms with Crippen LogP contribution in [0.2, 0.25) is 0 Å². The molecule has 0 saturated heterocycles. The van der Waals surface area contributed by atoms with E-state index in [0.29, 0.717) is 12.0 Å². The molecule has 0 bridgehead atoms. The van der Waals surface area contributed by atoms with E-state index in [-0.39, 0.29) is 0 Å². The van der Waals surface area contributed by atoms with Crippen LogP contribution in [0.4, 0.5) is 5.82 Å². The molecule has 0 fully saturated rings. The molecule has 0 aliphatic heterocycles. The van der Waals surface area contributed by atoms with E-state index in [1.807, 2.05) is 12.4 Å². The van der Waals surface area contributed by atoms with Gasteiger partial charge < -0.3 is 15.1 Å². The summed E-state index contributed by atoms with van der Waals surface area (Å²) >= 11 is 0. The van der Waals surface area contributed by atoms with E-state index in [2.05, 4.69) is 61.9 Å². The Kier molecular flexibility index (Phi) is 7.61. The molecule has 1 N–H and O–H groups in total. The summed E-state index contributed by atoms with van der Waals surface area (Å²) in [6.45, 7) is 12.5. The smallest absolute Gasteiger partial charge is 0.147 e. The summed E-state index contributed by atoms with van der Waals surface area (Å²) in [7, 11) is 4.20. The van der Waals surface area contributed by atoms with Gasteiger partial charge in [0.25, 0.3) is 0 Å². The second-order valence-electron chi connectivity index (χ2n) is 6.55. The van der Waals surface area contributed by atoms with Crippen LogP contribution in [0.5, 0.6) is 0 Å². The maximum absolute atomic E-state index is 4.76. The van der Waals surface area contributed by atoms with Crippen molar-refractivity contribution in [3.05, 3.63) is 18.1 Å². The predicted octanol–water partition coefficient (Wildman–Crippen LogP) is 2.00. The molecule has 0 atom stereocenters. The number of nitrogens with one attached hydrogen (secondary N) is 1. The maximum atomic E-state index is 4.76. The van der Waals surface area contributed by atoms with Gasteiger partial charge in [-0.05, 0) is 20.0 Å². The van der Waals surface area contributed by atoms with E-state index < -0.39 is 0 Å². The topological polar surface area (TPSA) is 44.3 Å². The van der Waals surface area contributed by atoms with Gasteiger partial charge in [0.2, 0.25) is 0 Å². The average Bonchev–Trinajstić information content (AvgIpc) is 2.41. The van der Waals surface area contributed by atoms with Gasteiger partial charge in [-0.2, -0.15) is 0 Å². The average molecular weight is 293 g/mol. The van der Waals surface area contributed by atoms with E-state index >= 15 is 0 Å². The molecular formula is C16H31N5. The molecule has 0 amide bonds. The Labute approximate surface area is 129 Å². The molecule has 1 aromatic rings. The van der Waals surface area contributed by atoms with Gasteiger partial charge >= 0.3 is 0 Å². The van der Waals surface area contributed by atoms with Gasteiger partial charge in [-0.3, -0.25) is 4.98 Å². The van der Waals surface area contributed by atoms with E-state index in [1.54, 1.807) is 0 Å². The first-order valence-electron chi connectivity index (χ1n) is 7.82. The molecule has 1 heterocycles. The SMILES string of the molecule is CC(C)CN(CCN(C)C)c1cncc(CNC(C)C)n1. The highest BCUT2D eigenvalue weighted by Crippen LogP contribution is 2.12. The van der Waals surface area contributed by atoms with Crippen molar-refractivity contribution < 1.29 is 0 Å². The molecular weight excluding hydrogens is 262 g/mol. The summed E-state index contributed by atoms with van der Waals surface area (Å²) in [5.41, 5.74) is 1.000. The molecule has 5 nitrogen and oxygen atoms in total. The van der Waals surface area contributed by atoms with Crippen LogP contribution < -0.4 is 10.2 Å². The van der Waals surface area contributed by atoms with Crippen molar-refractivity contribution in [2.45, 2.75) is 40.3 Å². The van der Waals surface area contributed by atoms with Crippen LogP contribution in [-0.2, 0) is 6.54 Å². The summed E-state index contributed by atoms with van der Waals surface area (Å²) < 4.78 is 0. The molecule has 0 spiro atoms. The fourth-order valence-corrected chi connectivity index (χ4v) is 2.00. The molecule has 120 valence electrons. The number of hydrogen-bond donors (Lipinski definition) is 1. The van der Waals surface area contributed by atoms with Crippen LogP contribution in [0, 0.1) is 5.92 Å². The number of nitrogens with zero attached hydrogens (tertiary/aromatic N) is 4. The Morgan fingerprint density at radius 1 is 1.10 bits per heavy atom. The third kappa shape index (κ3) is 7.39. The summed E-state index contributed by atoms with van der Waals surface area (Å²) in [6, 6.07) is 0.455. The van der Waals surface area contributed by atoms with Crippen LogP contribution in [0.25, 0.3) is 0 Å². The highest BCUT2D eigenvalue weighted by atomic mass is 15.2. The van der Waals surface area contributed by atoms with Crippen LogP contribution in [-0.4, -0.2) is 54.6 Å². The highest BCUT2D eigenvalue weighted by molar-refractivity contribution is 5.36. The maximum Gasteiger partial charge on any atom is 0.147 e. The van der Waals surface area contributed by atoms with Crippen LogP contribution in [0.3, 0.4) is 0 Å². The zero-order valence-electron chi connectivity index (χ0n) is 14.4. The number of hydrogen-bond acceptors (Lipinski definition) is 5. The van der Waals surface area contributed by atoms with Crippen molar-refractivity contribution in [1.29, 1.82) is 0 Å². The van der Waals surface area contributed by atoms with Crippen molar-refractivity contribution in [2.75, 3.05) is 38.6 Å². The zero-order valence-corrected chi connectivity index (χ0v) is 14.4. The molecule has 21 heavy (non-hydrogen) atoms. The van der Waals surface area contributed by atoms with Crippen molar-refractivity contribution in [1.82, 2.24) is 20.2 Å². The van der Waals surface area contributed by atoms with Gasteiger partial charge in [-0.1, -0.05) is 27.7 Å². The van der Waals surface area contributed by atoms with E-state index in [9.17, 15) is 0 Å². The first kappa shape index (κ1) is 17.9. The normalized spacial score (nSPS) is 11.7. The van der Waals surface area contributed by atoms with Gasteiger partial charge in [0, 0.05) is 38.4 Å². The molecule has 5 heteroatoms. The first-order chi connectivity index (χ1) is 9.88. The van der Waals surface area contributed by atoms with Crippen LogP contribution >= 0.6 is 0 Å². The minimum Gasteiger partial charge on any atom is -0.354 e. The third-order valence-electron chi connectivity index (χ3n) is 3.09. The van der Waals surface area contributed by atoms with E-state index in [0.717, 1.165) is 37.7 Å². The fraction of sp³-hybridized carbons (Fsp3) is 0.750.